The van der Waals surface area contributed by atoms with E-state index >= 15 is 0 Å². The fourth-order valence-corrected chi connectivity index (χ4v) is 3.26. The van der Waals surface area contributed by atoms with Gasteiger partial charge in [-0.05, 0) is 29.0 Å². The minimum atomic E-state index is -0.243. The van der Waals surface area contributed by atoms with Gasteiger partial charge >= 0.3 is 0 Å². The van der Waals surface area contributed by atoms with Gasteiger partial charge in [-0.15, -0.1) is 0 Å². The standard InChI is InChI=1S/C22H35N3O3/c1-16(2)14-25-10-11-28-19(15-25)12-23-20(26)13-24-21(27)17-6-8-18(9-7-17)22(3,4)5/h6-9,16,19H,10-15H2,1-5H3,(H,23,26)(H,24,27). The largest absolute Gasteiger partial charge is 0.374 e. The van der Waals surface area contributed by atoms with Crippen molar-refractivity contribution in [2.24, 2.45) is 5.92 Å². The van der Waals surface area contributed by atoms with E-state index < -0.39 is 0 Å². The average Bonchev–Trinajstić information content (AvgIpc) is 2.63. The van der Waals surface area contributed by atoms with Crippen molar-refractivity contribution < 1.29 is 14.3 Å². The SMILES string of the molecule is CC(C)CN1CCOC(CNC(=O)CNC(=O)c2ccc(C(C)(C)C)cc2)C1. The summed E-state index contributed by atoms with van der Waals surface area (Å²) in [6.45, 7) is 14.7. The van der Waals surface area contributed by atoms with Crippen molar-refractivity contribution >= 4 is 11.8 Å². The van der Waals surface area contributed by atoms with E-state index in [1.54, 1.807) is 12.1 Å². The molecule has 2 amide bonds. The average molecular weight is 390 g/mol. The predicted molar refractivity (Wildman–Crippen MR) is 112 cm³/mol. The van der Waals surface area contributed by atoms with Crippen LogP contribution in [0.4, 0.5) is 0 Å². The number of benzene rings is 1. The highest BCUT2D eigenvalue weighted by Gasteiger charge is 2.21. The van der Waals surface area contributed by atoms with Crippen LogP contribution in [0.2, 0.25) is 0 Å². The lowest BCUT2D eigenvalue weighted by Crippen LogP contribution is -2.49. The summed E-state index contributed by atoms with van der Waals surface area (Å²) in [4.78, 5) is 26.7. The Balaban J connectivity index is 1.72. The van der Waals surface area contributed by atoms with Gasteiger partial charge in [-0.25, -0.2) is 0 Å². The molecule has 1 atom stereocenters. The molecule has 0 aliphatic carbocycles. The number of carbonyl (C=O) groups is 2. The van der Waals surface area contributed by atoms with Crippen molar-refractivity contribution in [3.05, 3.63) is 35.4 Å². The van der Waals surface area contributed by atoms with Gasteiger partial charge < -0.3 is 15.4 Å². The number of nitrogens with zero attached hydrogens (tertiary/aromatic N) is 1. The molecule has 28 heavy (non-hydrogen) atoms. The monoisotopic (exact) mass is 389 g/mol. The molecule has 6 nitrogen and oxygen atoms in total. The summed E-state index contributed by atoms with van der Waals surface area (Å²) in [5.41, 5.74) is 1.77. The van der Waals surface area contributed by atoms with Crippen molar-refractivity contribution in [1.82, 2.24) is 15.5 Å². The highest BCUT2D eigenvalue weighted by atomic mass is 16.5. The Bertz CT molecular complexity index is 650. The molecule has 6 heteroatoms. The molecule has 2 N–H and O–H groups in total. The second-order valence-corrected chi connectivity index (χ2v) is 8.96. The molecular weight excluding hydrogens is 354 g/mol. The first-order valence-corrected chi connectivity index (χ1v) is 10.1. The van der Waals surface area contributed by atoms with E-state index in [9.17, 15) is 9.59 Å². The highest BCUT2D eigenvalue weighted by molar-refractivity contribution is 5.96. The van der Waals surface area contributed by atoms with Gasteiger partial charge in [0.25, 0.3) is 5.91 Å². The van der Waals surface area contributed by atoms with Crippen molar-refractivity contribution in [2.75, 3.05) is 39.3 Å². The van der Waals surface area contributed by atoms with E-state index in [0.717, 1.165) is 19.6 Å². The highest BCUT2D eigenvalue weighted by Crippen LogP contribution is 2.22. The molecule has 1 saturated heterocycles. The molecular formula is C22H35N3O3. The fraction of sp³-hybridized carbons (Fsp3) is 0.636. The first kappa shape index (κ1) is 22.4. The topological polar surface area (TPSA) is 70.7 Å². The maximum Gasteiger partial charge on any atom is 0.251 e. The summed E-state index contributed by atoms with van der Waals surface area (Å²) in [6.07, 6.45) is -0.00269. The van der Waals surface area contributed by atoms with Crippen LogP contribution in [0.1, 0.15) is 50.5 Å². The third kappa shape index (κ3) is 7.24. The van der Waals surface area contributed by atoms with E-state index in [4.69, 9.17) is 4.74 Å². The number of morpholine rings is 1. The van der Waals surface area contributed by atoms with E-state index in [1.807, 2.05) is 12.1 Å². The molecule has 0 bridgehead atoms. The summed E-state index contributed by atoms with van der Waals surface area (Å²) in [7, 11) is 0. The number of hydrogen-bond donors (Lipinski definition) is 2. The van der Waals surface area contributed by atoms with Gasteiger partial charge in [-0.3, -0.25) is 14.5 Å². The van der Waals surface area contributed by atoms with Gasteiger partial charge in [0.05, 0.1) is 19.3 Å². The second-order valence-electron chi connectivity index (χ2n) is 8.96. The van der Waals surface area contributed by atoms with Crippen molar-refractivity contribution in [2.45, 2.75) is 46.1 Å². The van der Waals surface area contributed by atoms with Crippen molar-refractivity contribution in [3.63, 3.8) is 0 Å². The lowest BCUT2D eigenvalue weighted by Gasteiger charge is -2.33. The molecule has 1 unspecified atom stereocenters. The number of nitrogens with one attached hydrogen (secondary N) is 2. The lowest BCUT2D eigenvalue weighted by molar-refractivity contribution is -0.121. The van der Waals surface area contributed by atoms with E-state index in [-0.39, 0.29) is 29.9 Å². The molecule has 1 heterocycles. The molecule has 0 radical (unpaired) electrons. The zero-order valence-electron chi connectivity index (χ0n) is 17.9. The summed E-state index contributed by atoms with van der Waals surface area (Å²) in [6, 6.07) is 7.51. The van der Waals surface area contributed by atoms with Crippen molar-refractivity contribution in [3.8, 4) is 0 Å². The minimum absolute atomic E-state index is 0.00269. The normalized spacial score (nSPS) is 18.1. The summed E-state index contributed by atoms with van der Waals surface area (Å²) in [5, 5.41) is 5.53. The second kappa shape index (κ2) is 10.0. The summed E-state index contributed by atoms with van der Waals surface area (Å²) < 4.78 is 5.73. The molecule has 0 aromatic heterocycles. The molecule has 1 aromatic carbocycles. The van der Waals surface area contributed by atoms with Gasteiger partial charge in [0, 0.05) is 31.7 Å². The van der Waals surface area contributed by atoms with Crippen LogP contribution in [-0.2, 0) is 14.9 Å². The Morgan fingerprint density at radius 3 is 2.46 bits per heavy atom. The van der Waals surface area contributed by atoms with Gasteiger partial charge in [0.1, 0.15) is 0 Å². The van der Waals surface area contributed by atoms with Crippen LogP contribution in [-0.4, -0.2) is 62.1 Å². The van der Waals surface area contributed by atoms with Crippen LogP contribution >= 0.6 is 0 Å². The maximum atomic E-state index is 12.2. The molecule has 0 saturated carbocycles. The molecule has 1 aliphatic rings. The van der Waals surface area contributed by atoms with Crippen LogP contribution < -0.4 is 10.6 Å². The van der Waals surface area contributed by atoms with Gasteiger partial charge in [0.2, 0.25) is 5.91 Å². The summed E-state index contributed by atoms with van der Waals surface area (Å²) in [5.74, 6) is 0.165. The van der Waals surface area contributed by atoms with Crippen LogP contribution in [0.15, 0.2) is 24.3 Å². The Morgan fingerprint density at radius 1 is 1.18 bits per heavy atom. The number of ether oxygens (including phenoxy) is 1. The zero-order chi connectivity index (χ0) is 20.7. The Hall–Kier alpha value is -1.92. The number of rotatable bonds is 7. The van der Waals surface area contributed by atoms with Crippen LogP contribution in [0.25, 0.3) is 0 Å². The number of carbonyl (C=O) groups excluding carboxylic acids is 2. The minimum Gasteiger partial charge on any atom is -0.374 e. The maximum absolute atomic E-state index is 12.2. The molecule has 1 aliphatic heterocycles. The Morgan fingerprint density at radius 2 is 1.86 bits per heavy atom. The molecule has 1 aromatic rings. The smallest absolute Gasteiger partial charge is 0.251 e. The fourth-order valence-electron chi connectivity index (χ4n) is 3.26. The van der Waals surface area contributed by atoms with Crippen molar-refractivity contribution in [1.29, 1.82) is 0 Å². The molecule has 156 valence electrons. The number of amides is 2. The Kier molecular flexibility index (Phi) is 8.01. The van der Waals surface area contributed by atoms with E-state index in [0.29, 0.717) is 24.6 Å². The van der Waals surface area contributed by atoms with E-state index in [2.05, 4.69) is 50.2 Å². The number of hydrogen-bond acceptors (Lipinski definition) is 4. The summed E-state index contributed by atoms with van der Waals surface area (Å²) >= 11 is 0. The third-order valence-corrected chi connectivity index (χ3v) is 4.80. The zero-order valence-corrected chi connectivity index (χ0v) is 17.9. The first-order valence-electron chi connectivity index (χ1n) is 10.1. The first-order chi connectivity index (χ1) is 13.1. The third-order valence-electron chi connectivity index (χ3n) is 4.80. The van der Waals surface area contributed by atoms with Gasteiger partial charge in [-0.2, -0.15) is 0 Å². The Labute approximate surface area is 169 Å². The van der Waals surface area contributed by atoms with Gasteiger partial charge in [0.15, 0.2) is 0 Å². The molecule has 2 rings (SSSR count). The van der Waals surface area contributed by atoms with Crippen LogP contribution in [0.3, 0.4) is 0 Å². The molecule has 0 spiro atoms. The van der Waals surface area contributed by atoms with E-state index in [1.165, 1.54) is 5.56 Å². The van der Waals surface area contributed by atoms with Crippen LogP contribution in [0, 0.1) is 5.92 Å². The lowest BCUT2D eigenvalue weighted by atomic mass is 9.87. The molecule has 1 fully saturated rings. The van der Waals surface area contributed by atoms with Crippen LogP contribution in [0.5, 0.6) is 0 Å². The van der Waals surface area contributed by atoms with Gasteiger partial charge in [-0.1, -0.05) is 46.8 Å². The predicted octanol–water partition coefficient (Wildman–Crippen LogP) is 2.19. The quantitative estimate of drug-likeness (QED) is 0.750.